The SMILES string of the molecule is N#Cc1ccccc1NC(=O)COC(=O)[C@H]1CC(=O)N(Cc2ccco2)C1. The minimum atomic E-state index is -0.619. The number of nitrogens with zero attached hydrogens (tertiary/aromatic N) is 2. The first-order valence-electron chi connectivity index (χ1n) is 8.32. The first-order chi connectivity index (χ1) is 13.1. The number of para-hydroxylation sites is 1. The van der Waals surface area contributed by atoms with E-state index in [0.717, 1.165) is 0 Å². The van der Waals surface area contributed by atoms with Gasteiger partial charge in [0.2, 0.25) is 5.91 Å². The molecule has 1 aliphatic rings. The lowest BCUT2D eigenvalue weighted by molar-refractivity contribution is -0.151. The van der Waals surface area contributed by atoms with Crippen LogP contribution < -0.4 is 5.32 Å². The Morgan fingerprint density at radius 1 is 1.30 bits per heavy atom. The molecule has 0 unspecified atom stereocenters. The molecule has 1 fully saturated rings. The molecule has 1 aliphatic heterocycles. The predicted molar refractivity (Wildman–Crippen MR) is 93.0 cm³/mol. The Balaban J connectivity index is 1.48. The third-order valence-corrected chi connectivity index (χ3v) is 4.14. The summed E-state index contributed by atoms with van der Waals surface area (Å²) in [5.74, 6) is -1.31. The average molecular weight is 367 g/mol. The molecule has 2 heterocycles. The molecule has 1 atom stereocenters. The highest BCUT2D eigenvalue weighted by molar-refractivity contribution is 5.94. The normalized spacial score (nSPS) is 16.0. The van der Waals surface area contributed by atoms with Crippen molar-refractivity contribution in [1.82, 2.24) is 4.90 Å². The van der Waals surface area contributed by atoms with Crippen molar-refractivity contribution in [3.05, 3.63) is 54.0 Å². The highest BCUT2D eigenvalue weighted by Crippen LogP contribution is 2.21. The van der Waals surface area contributed by atoms with E-state index in [9.17, 15) is 14.4 Å². The van der Waals surface area contributed by atoms with Crippen molar-refractivity contribution in [3.63, 3.8) is 0 Å². The minimum absolute atomic E-state index is 0.0401. The number of anilines is 1. The minimum Gasteiger partial charge on any atom is -0.467 e. The molecular formula is C19H17N3O5. The summed E-state index contributed by atoms with van der Waals surface area (Å²) in [5.41, 5.74) is 0.661. The summed E-state index contributed by atoms with van der Waals surface area (Å²) >= 11 is 0. The zero-order valence-electron chi connectivity index (χ0n) is 14.4. The Morgan fingerprint density at radius 2 is 2.11 bits per heavy atom. The van der Waals surface area contributed by atoms with Gasteiger partial charge in [0.25, 0.3) is 5.91 Å². The van der Waals surface area contributed by atoms with Gasteiger partial charge in [0.05, 0.1) is 30.0 Å². The van der Waals surface area contributed by atoms with Crippen molar-refractivity contribution >= 4 is 23.5 Å². The number of esters is 1. The molecule has 0 radical (unpaired) electrons. The number of hydrogen-bond acceptors (Lipinski definition) is 6. The van der Waals surface area contributed by atoms with E-state index in [1.165, 1.54) is 11.2 Å². The number of ether oxygens (including phenoxy) is 1. The fraction of sp³-hybridized carbons (Fsp3) is 0.263. The summed E-state index contributed by atoms with van der Waals surface area (Å²) < 4.78 is 10.2. The molecule has 138 valence electrons. The van der Waals surface area contributed by atoms with Crippen molar-refractivity contribution < 1.29 is 23.5 Å². The van der Waals surface area contributed by atoms with Crippen molar-refractivity contribution in [2.24, 2.45) is 5.92 Å². The van der Waals surface area contributed by atoms with Gasteiger partial charge in [0, 0.05) is 13.0 Å². The summed E-state index contributed by atoms with van der Waals surface area (Å²) in [5, 5.41) is 11.5. The Morgan fingerprint density at radius 3 is 2.85 bits per heavy atom. The van der Waals surface area contributed by atoms with Crippen LogP contribution in [-0.4, -0.2) is 35.8 Å². The van der Waals surface area contributed by atoms with Gasteiger partial charge in [-0.2, -0.15) is 5.26 Å². The maximum Gasteiger partial charge on any atom is 0.311 e. The number of rotatable bonds is 6. The Kier molecular flexibility index (Phi) is 5.52. The quantitative estimate of drug-likeness (QED) is 0.777. The lowest BCUT2D eigenvalue weighted by atomic mass is 10.1. The van der Waals surface area contributed by atoms with Crippen molar-refractivity contribution in [3.8, 4) is 6.07 Å². The predicted octanol–water partition coefficient (Wildman–Crippen LogP) is 1.68. The van der Waals surface area contributed by atoms with E-state index in [-0.39, 0.29) is 18.9 Å². The number of hydrogen-bond donors (Lipinski definition) is 1. The number of amides is 2. The first-order valence-corrected chi connectivity index (χ1v) is 8.32. The highest BCUT2D eigenvalue weighted by Gasteiger charge is 2.35. The second-order valence-electron chi connectivity index (χ2n) is 6.07. The molecule has 27 heavy (non-hydrogen) atoms. The largest absolute Gasteiger partial charge is 0.467 e. The van der Waals surface area contributed by atoms with Crippen LogP contribution in [0.5, 0.6) is 0 Å². The van der Waals surface area contributed by atoms with Crippen LogP contribution in [0.2, 0.25) is 0 Å². The summed E-state index contributed by atoms with van der Waals surface area (Å²) in [6, 6.07) is 12.0. The molecule has 0 bridgehead atoms. The van der Waals surface area contributed by atoms with Crippen LogP contribution in [-0.2, 0) is 25.7 Å². The van der Waals surface area contributed by atoms with Crippen LogP contribution in [0.1, 0.15) is 17.7 Å². The molecule has 1 aromatic carbocycles. The first kappa shape index (κ1) is 18.2. The van der Waals surface area contributed by atoms with Gasteiger partial charge in [-0.05, 0) is 24.3 Å². The average Bonchev–Trinajstić information content (AvgIpc) is 3.31. The number of carbonyl (C=O) groups is 3. The summed E-state index contributed by atoms with van der Waals surface area (Å²) in [6.45, 7) is 0.0275. The van der Waals surface area contributed by atoms with Crippen LogP contribution in [0.3, 0.4) is 0 Å². The van der Waals surface area contributed by atoms with Crippen molar-refractivity contribution in [1.29, 1.82) is 5.26 Å². The Bertz CT molecular complexity index is 885. The van der Waals surface area contributed by atoms with E-state index in [1.807, 2.05) is 6.07 Å². The van der Waals surface area contributed by atoms with E-state index in [1.54, 1.807) is 36.4 Å². The van der Waals surface area contributed by atoms with Crippen molar-refractivity contribution in [2.45, 2.75) is 13.0 Å². The van der Waals surface area contributed by atoms with Crippen LogP contribution >= 0.6 is 0 Å². The molecule has 2 aromatic rings. The second-order valence-corrected chi connectivity index (χ2v) is 6.07. The van der Waals surface area contributed by atoms with E-state index < -0.39 is 24.4 Å². The maximum absolute atomic E-state index is 12.2. The molecule has 2 amide bonds. The molecule has 1 saturated heterocycles. The fourth-order valence-corrected chi connectivity index (χ4v) is 2.80. The van der Waals surface area contributed by atoms with Gasteiger partial charge in [-0.15, -0.1) is 0 Å². The van der Waals surface area contributed by atoms with Gasteiger partial charge in [0.15, 0.2) is 6.61 Å². The van der Waals surface area contributed by atoms with E-state index >= 15 is 0 Å². The molecular weight excluding hydrogens is 350 g/mol. The summed E-state index contributed by atoms with van der Waals surface area (Å²) in [4.78, 5) is 37.7. The lowest BCUT2D eigenvalue weighted by Gasteiger charge is -2.14. The second kappa shape index (κ2) is 8.19. The van der Waals surface area contributed by atoms with Crippen molar-refractivity contribution in [2.75, 3.05) is 18.5 Å². The zero-order chi connectivity index (χ0) is 19.2. The zero-order valence-corrected chi connectivity index (χ0v) is 14.4. The number of nitrogens with one attached hydrogen (secondary N) is 1. The monoisotopic (exact) mass is 367 g/mol. The molecule has 3 rings (SSSR count). The summed E-state index contributed by atoms with van der Waals surface area (Å²) in [7, 11) is 0. The number of likely N-dealkylation sites (tertiary alicyclic amines) is 1. The lowest BCUT2D eigenvalue weighted by Crippen LogP contribution is -2.28. The topological polar surface area (TPSA) is 113 Å². The third-order valence-electron chi connectivity index (χ3n) is 4.14. The Hall–Kier alpha value is -3.60. The van der Waals surface area contributed by atoms with Crippen LogP contribution in [0.25, 0.3) is 0 Å². The van der Waals surface area contributed by atoms with Crippen LogP contribution in [0.4, 0.5) is 5.69 Å². The highest BCUT2D eigenvalue weighted by atomic mass is 16.5. The molecule has 0 spiro atoms. The number of carbonyl (C=O) groups excluding carboxylic acids is 3. The van der Waals surface area contributed by atoms with Crippen LogP contribution in [0, 0.1) is 17.2 Å². The van der Waals surface area contributed by atoms with E-state index in [4.69, 9.17) is 14.4 Å². The standard InChI is InChI=1S/C19H17N3O5/c20-9-13-4-1-2-6-16(13)21-17(23)12-27-19(25)14-8-18(24)22(10-14)11-15-5-3-7-26-15/h1-7,14H,8,10-12H2,(H,21,23)/t14-/m0/s1. The van der Waals surface area contributed by atoms with Gasteiger partial charge in [0.1, 0.15) is 11.8 Å². The number of nitriles is 1. The van der Waals surface area contributed by atoms with Gasteiger partial charge >= 0.3 is 5.97 Å². The molecule has 0 aliphatic carbocycles. The maximum atomic E-state index is 12.2. The van der Waals surface area contributed by atoms with Gasteiger partial charge < -0.3 is 19.4 Å². The number of benzene rings is 1. The number of furan rings is 1. The smallest absolute Gasteiger partial charge is 0.311 e. The van der Waals surface area contributed by atoms with Gasteiger partial charge in [-0.25, -0.2) is 0 Å². The Labute approximate surface area is 155 Å². The third kappa shape index (κ3) is 4.52. The van der Waals surface area contributed by atoms with Crippen LogP contribution in [0.15, 0.2) is 47.1 Å². The van der Waals surface area contributed by atoms with Gasteiger partial charge in [-0.3, -0.25) is 14.4 Å². The van der Waals surface area contributed by atoms with Gasteiger partial charge in [-0.1, -0.05) is 12.1 Å². The molecule has 0 saturated carbocycles. The molecule has 8 heteroatoms. The van der Waals surface area contributed by atoms with E-state index in [2.05, 4.69) is 5.32 Å². The fourth-order valence-electron chi connectivity index (χ4n) is 2.80. The van der Waals surface area contributed by atoms with E-state index in [0.29, 0.717) is 23.6 Å². The molecule has 8 nitrogen and oxygen atoms in total. The molecule has 1 aromatic heterocycles. The molecule has 1 N–H and O–H groups in total. The summed E-state index contributed by atoms with van der Waals surface area (Å²) in [6.07, 6.45) is 1.56.